The van der Waals surface area contributed by atoms with Gasteiger partial charge < -0.3 is 14.2 Å². The number of benzene rings is 2. The molecular weight excluding hydrogens is 308 g/mol. The molecule has 2 aliphatic heterocycles. The molecule has 0 aromatic heterocycles. The van der Waals surface area contributed by atoms with Crippen LogP contribution in [-0.2, 0) is 9.53 Å². The van der Waals surface area contributed by atoms with Gasteiger partial charge in [-0.25, -0.2) is 9.79 Å². The van der Waals surface area contributed by atoms with Crippen LogP contribution in [0.3, 0.4) is 0 Å². The Labute approximate surface area is 137 Å². The van der Waals surface area contributed by atoms with E-state index in [1.165, 1.54) is 0 Å². The van der Waals surface area contributed by atoms with Gasteiger partial charge in [0.2, 0.25) is 12.7 Å². The van der Waals surface area contributed by atoms with Gasteiger partial charge >= 0.3 is 5.97 Å². The van der Waals surface area contributed by atoms with Crippen molar-refractivity contribution in [1.82, 2.24) is 0 Å². The maximum atomic E-state index is 12.0. The fraction of sp³-hybridized carbons (Fsp3) is 0.0556. The zero-order valence-electron chi connectivity index (χ0n) is 12.4. The standard InChI is InChI=1S/C18H10N2O4/c19-9-12-3-1-2-11(6-12)7-14-18(21)24-17(20-14)13-4-5-15-16(8-13)23-10-22-15/h1-8H,10H2. The quantitative estimate of drug-likeness (QED) is 0.628. The van der Waals surface area contributed by atoms with Gasteiger partial charge in [0.15, 0.2) is 17.2 Å². The van der Waals surface area contributed by atoms with Gasteiger partial charge in [-0.05, 0) is 42.0 Å². The molecule has 0 aliphatic carbocycles. The van der Waals surface area contributed by atoms with E-state index in [1.807, 2.05) is 0 Å². The third kappa shape index (κ3) is 2.48. The lowest BCUT2D eigenvalue weighted by atomic mass is 10.1. The van der Waals surface area contributed by atoms with Crippen LogP contribution in [-0.4, -0.2) is 18.7 Å². The molecule has 0 N–H and O–H groups in total. The molecule has 0 fully saturated rings. The maximum Gasteiger partial charge on any atom is 0.363 e. The SMILES string of the molecule is N#Cc1cccc(C=C2N=C(c3ccc4c(c3)OCO4)OC2=O)c1. The van der Waals surface area contributed by atoms with E-state index >= 15 is 0 Å². The molecule has 0 atom stereocenters. The van der Waals surface area contributed by atoms with Crippen LogP contribution >= 0.6 is 0 Å². The number of hydrogen-bond acceptors (Lipinski definition) is 6. The first-order valence-corrected chi connectivity index (χ1v) is 7.16. The predicted molar refractivity (Wildman–Crippen MR) is 84.3 cm³/mol. The molecule has 0 amide bonds. The Balaban J connectivity index is 1.67. The van der Waals surface area contributed by atoms with Crippen LogP contribution in [0.5, 0.6) is 11.5 Å². The van der Waals surface area contributed by atoms with Crippen LogP contribution in [0, 0.1) is 11.3 Å². The van der Waals surface area contributed by atoms with Gasteiger partial charge in [-0.3, -0.25) is 0 Å². The van der Waals surface area contributed by atoms with Crippen LogP contribution in [0.1, 0.15) is 16.7 Å². The summed E-state index contributed by atoms with van der Waals surface area (Å²) >= 11 is 0. The zero-order chi connectivity index (χ0) is 16.5. The molecule has 2 aromatic carbocycles. The highest BCUT2D eigenvalue weighted by molar-refractivity contribution is 6.13. The lowest BCUT2D eigenvalue weighted by Crippen LogP contribution is -2.05. The average molecular weight is 318 g/mol. The number of hydrogen-bond donors (Lipinski definition) is 0. The average Bonchev–Trinajstić information content (AvgIpc) is 3.21. The minimum atomic E-state index is -0.537. The maximum absolute atomic E-state index is 12.0. The molecule has 2 aliphatic rings. The second kappa shape index (κ2) is 5.56. The summed E-state index contributed by atoms with van der Waals surface area (Å²) in [6.07, 6.45) is 1.59. The lowest BCUT2D eigenvalue weighted by Gasteiger charge is -2.01. The van der Waals surface area contributed by atoms with Gasteiger partial charge in [0.1, 0.15) is 0 Å². The summed E-state index contributed by atoms with van der Waals surface area (Å²) in [4.78, 5) is 16.3. The molecular formula is C18H10N2O4. The summed E-state index contributed by atoms with van der Waals surface area (Å²) in [5.74, 6) is 0.907. The minimum Gasteiger partial charge on any atom is -0.454 e. The van der Waals surface area contributed by atoms with Gasteiger partial charge in [0, 0.05) is 5.56 Å². The van der Waals surface area contributed by atoms with Crippen molar-refractivity contribution in [2.24, 2.45) is 4.99 Å². The van der Waals surface area contributed by atoms with Crippen molar-refractivity contribution < 1.29 is 19.0 Å². The van der Waals surface area contributed by atoms with E-state index in [9.17, 15) is 4.79 Å². The van der Waals surface area contributed by atoms with Crippen molar-refractivity contribution >= 4 is 17.9 Å². The summed E-state index contributed by atoms with van der Waals surface area (Å²) in [6, 6.07) is 14.2. The smallest absolute Gasteiger partial charge is 0.363 e. The molecule has 24 heavy (non-hydrogen) atoms. The van der Waals surface area contributed by atoms with Crippen LogP contribution in [0.2, 0.25) is 0 Å². The molecule has 6 heteroatoms. The largest absolute Gasteiger partial charge is 0.454 e. The van der Waals surface area contributed by atoms with Crippen molar-refractivity contribution in [3.8, 4) is 17.6 Å². The summed E-state index contributed by atoms with van der Waals surface area (Å²) in [7, 11) is 0. The molecule has 6 nitrogen and oxygen atoms in total. The van der Waals surface area contributed by atoms with Crippen molar-refractivity contribution in [1.29, 1.82) is 5.26 Å². The predicted octanol–water partition coefficient (Wildman–Crippen LogP) is 2.63. The van der Waals surface area contributed by atoms with Gasteiger partial charge in [0.25, 0.3) is 0 Å². The van der Waals surface area contributed by atoms with Crippen molar-refractivity contribution in [2.45, 2.75) is 0 Å². The second-order valence-corrected chi connectivity index (χ2v) is 5.14. The van der Waals surface area contributed by atoms with E-state index in [1.54, 1.807) is 48.5 Å². The Kier molecular flexibility index (Phi) is 3.25. The summed E-state index contributed by atoms with van der Waals surface area (Å²) in [6.45, 7) is 0.172. The highest BCUT2D eigenvalue weighted by Gasteiger charge is 2.25. The zero-order valence-corrected chi connectivity index (χ0v) is 12.4. The second-order valence-electron chi connectivity index (χ2n) is 5.14. The molecule has 0 bridgehead atoms. The van der Waals surface area contributed by atoms with Crippen LogP contribution in [0.15, 0.2) is 53.2 Å². The van der Waals surface area contributed by atoms with E-state index < -0.39 is 5.97 Å². The van der Waals surface area contributed by atoms with Crippen molar-refractivity contribution in [3.63, 3.8) is 0 Å². The molecule has 4 rings (SSSR count). The Morgan fingerprint density at radius 3 is 2.88 bits per heavy atom. The molecule has 0 unspecified atom stereocenters. The minimum absolute atomic E-state index is 0.172. The van der Waals surface area contributed by atoms with Gasteiger partial charge in [-0.15, -0.1) is 0 Å². The monoisotopic (exact) mass is 318 g/mol. The normalized spacial score (nSPS) is 16.7. The van der Waals surface area contributed by atoms with Crippen LogP contribution < -0.4 is 9.47 Å². The Bertz CT molecular complexity index is 954. The summed E-state index contributed by atoms with van der Waals surface area (Å²) in [5.41, 5.74) is 2.02. The topological polar surface area (TPSA) is 80.9 Å². The third-order valence-corrected chi connectivity index (χ3v) is 3.56. The molecule has 2 heterocycles. The molecule has 0 spiro atoms. The van der Waals surface area contributed by atoms with Gasteiger partial charge in [-0.1, -0.05) is 12.1 Å². The first-order valence-electron chi connectivity index (χ1n) is 7.16. The number of carbonyl (C=O) groups is 1. The van der Waals surface area contributed by atoms with E-state index in [0.29, 0.717) is 28.2 Å². The molecule has 116 valence electrons. The number of nitriles is 1. The highest BCUT2D eigenvalue weighted by Crippen LogP contribution is 2.33. The van der Waals surface area contributed by atoms with Gasteiger partial charge in [0.05, 0.1) is 11.6 Å². The fourth-order valence-corrected chi connectivity index (χ4v) is 2.42. The van der Waals surface area contributed by atoms with E-state index in [0.717, 1.165) is 0 Å². The first kappa shape index (κ1) is 14.0. The Morgan fingerprint density at radius 2 is 2.00 bits per heavy atom. The van der Waals surface area contributed by atoms with Crippen molar-refractivity contribution in [3.05, 3.63) is 64.9 Å². The lowest BCUT2D eigenvalue weighted by molar-refractivity contribution is -0.129. The number of fused-ring (bicyclic) bond motifs is 1. The Hall–Kier alpha value is -3.59. The first-order chi connectivity index (χ1) is 11.7. The highest BCUT2D eigenvalue weighted by atomic mass is 16.7. The number of rotatable bonds is 2. The molecule has 0 saturated carbocycles. The molecule has 0 saturated heterocycles. The number of aliphatic imine (C=N–C) groups is 1. The number of nitrogens with zero attached hydrogens (tertiary/aromatic N) is 2. The van der Waals surface area contributed by atoms with Crippen molar-refractivity contribution in [2.75, 3.05) is 6.79 Å². The number of esters is 1. The number of carbonyl (C=O) groups excluding carboxylic acids is 1. The van der Waals surface area contributed by atoms with E-state index in [2.05, 4.69) is 11.1 Å². The summed E-state index contributed by atoms with van der Waals surface area (Å²) in [5, 5.41) is 8.93. The Morgan fingerprint density at radius 1 is 1.12 bits per heavy atom. The van der Waals surface area contributed by atoms with Crippen LogP contribution in [0.25, 0.3) is 6.08 Å². The number of cyclic esters (lactones) is 1. The van der Waals surface area contributed by atoms with Gasteiger partial charge in [-0.2, -0.15) is 5.26 Å². The fourth-order valence-electron chi connectivity index (χ4n) is 2.42. The summed E-state index contributed by atoms with van der Waals surface area (Å²) < 4.78 is 15.8. The number of ether oxygens (including phenoxy) is 3. The third-order valence-electron chi connectivity index (χ3n) is 3.56. The molecule has 2 aromatic rings. The van der Waals surface area contributed by atoms with E-state index in [-0.39, 0.29) is 18.4 Å². The van der Waals surface area contributed by atoms with E-state index in [4.69, 9.17) is 19.5 Å². The van der Waals surface area contributed by atoms with Crippen LogP contribution in [0.4, 0.5) is 0 Å². The molecule has 0 radical (unpaired) electrons.